The molecule has 1 aliphatic carbocycles. The maximum absolute atomic E-state index is 11.1. The second-order valence-corrected chi connectivity index (χ2v) is 6.73. The topological polar surface area (TPSA) is 40.5 Å². The van der Waals surface area contributed by atoms with Gasteiger partial charge in [0.1, 0.15) is 0 Å². The zero-order valence-electron chi connectivity index (χ0n) is 11.8. The molecule has 3 heteroatoms. The Labute approximate surface area is 111 Å². The third-order valence-electron chi connectivity index (χ3n) is 4.93. The maximum Gasteiger partial charge on any atom is 0.309 e. The molecular weight excluding hydrogens is 226 g/mol. The molecule has 1 aliphatic heterocycles. The molecule has 0 aromatic rings. The van der Waals surface area contributed by atoms with Gasteiger partial charge in [-0.2, -0.15) is 0 Å². The van der Waals surface area contributed by atoms with Crippen molar-refractivity contribution in [1.29, 1.82) is 0 Å². The molecule has 18 heavy (non-hydrogen) atoms. The highest BCUT2D eigenvalue weighted by molar-refractivity contribution is 5.73. The molecule has 2 unspecified atom stereocenters. The van der Waals surface area contributed by atoms with Crippen LogP contribution in [0.3, 0.4) is 0 Å². The van der Waals surface area contributed by atoms with Crippen molar-refractivity contribution in [2.75, 3.05) is 13.1 Å². The monoisotopic (exact) mass is 253 g/mol. The fourth-order valence-corrected chi connectivity index (χ4v) is 3.67. The van der Waals surface area contributed by atoms with E-state index in [1.807, 2.05) is 13.8 Å². The average molecular weight is 253 g/mol. The molecule has 2 rings (SSSR count). The van der Waals surface area contributed by atoms with Gasteiger partial charge in [-0.15, -0.1) is 0 Å². The summed E-state index contributed by atoms with van der Waals surface area (Å²) in [6, 6.07) is 0.812. The minimum absolute atomic E-state index is 0.565. The van der Waals surface area contributed by atoms with Gasteiger partial charge in [0.05, 0.1) is 5.41 Å². The molecule has 0 aromatic heterocycles. The molecule has 2 fully saturated rings. The Morgan fingerprint density at radius 3 is 2.72 bits per heavy atom. The molecule has 1 heterocycles. The van der Waals surface area contributed by atoms with Crippen molar-refractivity contribution in [2.45, 2.75) is 64.8 Å². The Morgan fingerprint density at radius 1 is 1.28 bits per heavy atom. The van der Waals surface area contributed by atoms with E-state index in [1.165, 1.54) is 38.6 Å². The molecule has 2 aliphatic rings. The quantitative estimate of drug-likeness (QED) is 0.818. The molecule has 1 N–H and O–H groups in total. The molecule has 104 valence electrons. The number of hydrogen-bond donors (Lipinski definition) is 1. The molecule has 2 atom stereocenters. The Hall–Kier alpha value is -0.570. The molecule has 0 bridgehead atoms. The van der Waals surface area contributed by atoms with Crippen LogP contribution < -0.4 is 0 Å². The van der Waals surface area contributed by atoms with Crippen LogP contribution in [0.5, 0.6) is 0 Å². The van der Waals surface area contributed by atoms with Gasteiger partial charge in [0, 0.05) is 6.04 Å². The number of nitrogens with zero attached hydrogens (tertiary/aromatic N) is 1. The zero-order valence-corrected chi connectivity index (χ0v) is 11.8. The first-order valence-corrected chi connectivity index (χ1v) is 7.48. The Balaban J connectivity index is 1.78. The van der Waals surface area contributed by atoms with Gasteiger partial charge in [-0.25, -0.2) is 0 Å². The average Bonchev–Trinajstić information content (AvgIpc) is 2.77. The number of carbonyl (C=O) groups is 1. The number of hydrogen-bond acceptors (Lipinski definition) is 2. The molecule has 1 saturated heterocycles. The summed E-state index contributed by atoms with van der Waals surface area (Å²) in [4.78, 5) is 13.7. The smallest absolute Gasteiger partial charge is 0.309 e. The Kier molecular flexibility index (Phi) is 4.31. The van der Waals surface area contributed by atoms with Gasteiger partial charge in [0.2, 0.25) is 0 Å². The van der Waals surface area contributed by atoms with Gasteiger partial charge >= 0.3 is 5.97 Å². The van der Waals surface area contributed by atoms with E-state index in [0.717, 1.165) is 31.3 Å². The highest BCUT2D eigenvalue weighted by Crippen LogP contribution is 2.37. The summed E-state index contributed by atoms with van der Waals surface area (Å²) < 4.78 is 0. The Morgan fingerprint density at radius 2 is 2.00 bits per heavy atom. The van der Waals surface area contributed by atoms with E-state index in [1.54, 1.807) is 0 Å². The lowest BCUT2D eigenvalue weighted by Gasteiger charge is -2.38. The maximum atomic E-state index is 11.1. The molecule has 0 amide bonds. The van der Waals surface area contributed by atoms with Crippen molar-refractivity contribution in [3.63, 3.8) is 0 Å². The van der Waals surface area contributed by atoms with Gasteiger partial charge in [0.25, 0.3) is 0 Å². The van der Waals surface area contributed by atoms with Crippen LogP contribution in [0.15, 0.2) is 0 Å². The lowest BCUT2D eigenvalue weighted by Crippen LogP contribution is -2.43. The largest absolute Gasteiger partial charge is 0.481 e. The number of fused-ring (bicyclic) bond motifs is 1. The number of carboxylic acids is 1. The molecule has 0 spiro atoms. The van der Waals surface area contributed by atoms with Crippen LogP contribution in [0.25, 0.3) is 0 Å². The number of likely N-dealkylation sites (tertiary alicyclic amines) is 1. The van der Waals surface area contributed by atoms with Gasteiger partial charge < -0.3 is 10.0 Å². The van der Waals surface area contributed by atoms with E-state index in [-0.39, 0.29) is 0 Å². The van der Waals surface area contributed by atoms with Crippen LogP contribution in [0.1, 0.15) is 58.8 Å². The lowest BCUT2D eigenvalue weighted by molar-refractivity contribution is -0.147. The zero-order chi connectivity index (χ0) is 13.2. The third-order valence-corrected chi connectivity index (χ3v) is 4.93. The van der Waals surface area contributed by atoms with Gasteiger partial charge in [-0.1, -0.05) is 6.42 Å². The first kappa shape index (κ1) is 13.9. The van der Waals surface area contributed by atoms with Crippen LogP contribution in [0.4, 0.5) is 0 Å². The van der Waals surface area contributed by atoms with E-state index < -0.39 is 11.4 Å². The summed E-state index contributed by atoms with van der Waals surface area (Å²) >= 11 is 0. The number of carboxylic acid groups (broad SMARTS) is 1. The fourth-order valence-electron chi connectivity index (χ4n) is 3.67. The number of piperidine rings is 1. The van der Waals surface area contributed by atoms with Crippen LogP contribution in [-0.2, 0) is 4.79 Å². The second-order valence-electron chi connectivity index (χ2n) is 6.73. The van der Waals surface area contributed by atoms with Gasteiger partial charge in [-0.05, 0) is 71.4 Å². The summed E-state index contributed by atoms with van der Waals surface area (Å²) in [6.07, 6.45) is 8.74. The SMILES string of the molecule is CC(C)(CCCN1CCCC2CCCC21)C(=O)O. The molecular formula is C15H27NO2. The van der Waals surface area contributed by atoms with Crippen LogP contribution in [-0.4, -0.2) is 35.1 Å². The van der Waals surface area contributed by atoms with E-state index in [2.05, 4.69) is 4.90 Å². The minimum atomic E-state index is -0.667. The third kappa shape index (κ3) is 3.05. The molecule has 0 aromatic carbocycles. The lowest BCUT2D eigenvalue weighted by atomic mass is 9.87. The number of rotatable bonds is 5. The van der Waals surface area contributed by atoms with Gasteiger partial charge in [0.15, 0.2) is 0 Å². The highest BCUT2D eigenvalue weighted by atomic mass is 16.4. The highest BCUT2D eigenvalue weighted by Gasteiger charge is 2.35. The fraction of sp³-hybridized carbons (Fsp3) is 0.933. The van der Waals surface area contributed by atoms with Crippen molar-refractivity contribution >= 4 is 5.97 Å². The summed E-state index contributed by atoms with van der Waals surface area (Å²) in [7, 11) is 0. The van der Waals surface area contributed by atoms with Gasteiger partial charge in [-0.3, -0.25) is 4.79 Å². The first-order valence-electron chi connectivity index (χ1n) is 7.48. The summed E-state index contributed by atoms with van der Waals surface area (Å²) in [5, 5.41) is 9.11. The first-order chi connectivity index (χ1) is 8.50. The summed E-state index contributed by atoms with van der Waals surface area (Å²) in [6.45, 7) is 6.00. The van der Waals surface area contributed by atoms with E-state index in [9.17, 15) is 4.79 Å². The normalized spacial score (nSPS) is 29.2. The summed E-state index contributed by atoms with van der Waals surface area (Å²) in [5.74, 6) is 0.270. The van der Waals surface area contributed by atoms with Crippen molar-refractivity contribution in [3.8, 4) is 0 Å². The van der Waals surface area contributed by atoms with Crippen molar-refractivity contribution in [2.24, 2.45) is 11.3 Å². The minimum Gasteiger partial charge on any atom is -0.481 e. The van der Waals surface area contributed by atoms with Crippen LogP contribution >= 0.6 is 0 Å². The van der Waals surface area contributed by atoms with Crippen molar-refractivity contribution < 1.29 is 9.90 Å². The molecule has 0 radical (unpaired) electrons. The predicted molar refractivity (Wildman–Crippen MR) is 72.6 cm³/mol. The van der Waals surface area contributed by atoms with Crippen LogP contribution in [0.2, 0.25) is 0 Å². The summed E-state index contributed by atoms with van der Waals surface area (Å²) in [5.41, 5.74) is -0.565. The van der Waals surface area contributed by atoms with Crippen LogP contribution in [0, 0.1) is 11.3 Å². The second kappa shape index (κ2) is 5.60. The van der Waals surface area contributed by atoms with Crippen molar-refractivity contribution in [1.82, 2.24) is 4.90 Å². The van der Waals surface area contributed by atoms with Crippen molar-refractivity contribution in [3.05, 3.63) is 0 Å². The number of aliphatic carboxylic acids is 1. The van der Waals surface area contributed by atoms with E-state index in [0.29, 0.717) is 0 Å². The standard InChI is InChI=1S/C15H27NO2/c1-15(2,14(17)18)9-5-11-16-10-4-7-12-6-3-8-13(12)16/h12-13H,3-11H2,1-2H3,(H,17,18). The molecule has 3 nitrogen and oxygen atoms in total. The molecule has 1 saturated carbocycles. The predicted octanol–water partition coefficient (Wildman–Crippen LogP) is 3.14. The van der Waals surface area contributed by atoms with E-state index in [4.69, 9.17) is 5.11 Å². The van der Waals surface area contributed by atoms with E-state index >= 15 is 0 Å². The Bertz CT molecular complexity index is 301.